The molecule has 1 unspecified atom stereocenters. The van der Waals surface area contributed by atoms with Gasteiger partial charge in [0, 0.05) is 38.8 Å². The van der Waals surface area contributed by atoms with Crippen molar-refractivity contribution < 1.29 is 23.0 Å². The monoisotopic (exact) mass is 823 g/mol. The van der Waals surface area contributed by atoms with E-state index in [1.54, 1.807) is 30.1 Å². The van der Waals surface area contributed by atoms with Gasteiger partial charge in [-0.3, -0.25) is 14.0 Å². The third-order valence-corrected chi connectivity index (χ3v) is 14.4. The molecule has 0 aliphatic heterocycles. The molecule has 5 aromatic rings. The molecule has 16 heteroatoms. The predicted molar refractivity (Wildman–Crippen MR) is 227 cm³/mol. The molecule has 55 heavy (non-hydrogen) atoms. The smallest absolute Gasteiger partial charge is 0.248 e. The number of para-hydroxylation sites is 1. The van der Waals surface area contributed by atoms with Crippen LogP contribution in [0.15, 0.2) is 53.5 Å². The van der Waals surface area contributed by atoms with Crippen LogP contribution in [0.2, 0.25) is 25.7 Å². The van der Waals surface area contributed by atoms with Gasteiger partial charge >= 0.3 is 0 Å². The summed E-state index contributed by atoms with van der Waals surface area (Å²) in [7, 11) is 1.26. The number of halogens is 1. The van der Waals surface area contributed by atoms with Gasteiger partial charge in [0.05, 0.1) is 30.0 Å². The summed E-state index contributed by atoms with van der Waals surface area (Å²) in [4.78, 5) is 15.1. The predicted octanol–water partition coefficient (Wildman–Crippen LogP) is 8.20. The fraction of sp³-hybridized carbons (Fsp3) is 0.436. The molecule has 0 bridgehead atoms. The zero-order chi connectivity index (χ0) is 39.8. The molecule has 0 aliphatic rings. The van der Waals surface area contributed by atoms with E-state index in [0.29, 0.717) is 60.5 Å². The highest BCUT2D eigenvalue weighted by Crippen LogP contribution is 2.45. The van der Waals surface area contributed by atoms with Gasteiger partial charge < -0.3 is 18.9 Å². The van der Waals surface area contributed by atoms with Crippen LogP contribution in [-0.2, 0) is 27.0 Å². The maximum absolute atomic E-state index is 14.8. The van der Waals surface area contributed by atoms with E-state index in [4.69, 9.17) is 24.0 Å². The van der Waals surface area contributed by atoms with Gasteiger partial charge in [0.25, 0.3) is 0 Å². The Kier molecular flexibility index (Phi) is 14.6. The standard InChI is InChI=1S/C39H51FN7O4PS2Si/c1-10-51-52(6,48)37-34(18-14-22-50-32-20-19-29(26-30(32)40)15-13-21-45(3)4)54-38(42-37)46(5)35-25-28(2)36(44-43-35)41-39-47(27-49-23-24-55(7,8)9)31-16-11-12-17-33(31)53-39/h11-12,16-17,19-20,25-26H,10,14,18,21-24,27H2,1-9H3. The minimum absolute atomic E-state index is 0.163. The van der Waals surface area contributed by atoms with Crippen molar-refractivity contribution in [2.24, 2.45) is 4.99 Å². The van der Waals surface area contributed by atoms with E-state index in [9.17, 15) is 8.96 Å². The van der Waals surface area contributed by atoms with Crippen LogP contribution in [0.5, 0.6) is 5.75 Å². The highest BCUT2D eigenvalue weighted by atomic mass is 32.1. The van der Waals surface area contributed by atoms with Gasteiger partial charge in [0.15, 0.2) is 33.1 Å². The molecule has 0 fully saturated rings. The van der Waals surface area contributed by atoms with Crippen LogP contribution in [0.1, 0.15) is 29.3 Å². The summed E-state index contributed by atoms with van der Waals surface area (Å²) in [6.07, 6.45) is 1.06. The number of benzene rings is 2. The summed E-state index contributed by atoms with van der Waals surface area (Å²) in [6.45, 7) is 14.6. The molecule has 294 valence electrons. The minimum Gasteiger partial charge on any atom is -0.491 e. The third kappa shape index (κ3) is 11.6. The van der Waals surface area contributed by atoms with Crippen molar-refractivity contribution in [2.45, 2.75) is 59.1 Å². The summed E-state index contributed by atoms with van der Waals surface area (Å²) in [5.41, 5.74) is 2.91. The zero-order valence-electron chi connectivity index (χ0n) is 33.2. The van der Waals surface area contributed by atoms with Crippen LogP contribution >= 0.6 is 30.0 Å². The number of fused-ring (bicyclic) bond motifs is 1. The first kappa shape index (κ1) is 42.4. The molecule has 0 saturated heterocycles. The van der Waals surface area contributed by atoms with E-state index in [-0.39, 0.29) is 19.0 Å². The average Bonchev–Trinajstić information content (AvgIpc) is 3.71. The normalized spacial score (nSPS) is 13.3. The molecule has 0 radical (unpaired) electrons. The fourth-order valence-corrected chi connectivity index (χ4v) is 10.3. The largest absolute Gasteiger partial charge is 0.491 e. The van der Waals surface area contributed by atoms with Crippen LogP contribution in [0, 0.1) is 24.6 Å². The van der Waals surface area contributed by atoms with Crippen LogP contribution in [0.3, 0.4) is 0 Å². The fourth-order valence-electron chi connectivity index (χ4n) is 5.37. The summed E-state index contributed by atoms with van der Waals surface area (Å²) < 4.78 is 49.3. The number of aromatic nitrogens is 4. The minimum atomic E-state index is -3.23. The Morgan fingerprint density at radius 3 is 2.55 bits per heavy atom. The number of hydrogen-bond donors (Lipinski definition) is 0. The van der Waals surface area contributed by atoms with Crippen molar-refractivity contribution in [2.75, 3.05) is 59.1 Å². The molecule has 3 heterocycles. The number of hydrogen-bond acceptors (Lipinski definition) is 12. The van der Waals surface area contributed by atoms with Gasteiger partial charge in [-0.15, -0.1) is 21.5 Å². The van der Waals surface area contributed by atoms with E-state index >= 15 is 0 Å². The number of ether oxygens (including phenoxy) is 2. The van der Waals surface area contributed by atoms with Crippen LogP contribution in [-0.4, -0.2) is 86.9 Å². The Morgan fingerprint density at radius 1 is 1.05 bits per heavy atom. The van der Waals surface area contributed by atoms with Crippen molar-refractivity contribution in [3.8, 4) is 17.6 Å². The van der Waals surface area contributed by atoms with Crippen molar-refractivity contribution >= 4 is 70.5 Å². The molecule has 0 spiro atoms. The van der Waals surface area contributed by atoms with Gasteiger partial charge in [0.2, 0.25) is 7.37 Å². The highest BCUT2D eigenvalue weighted by Gasteiger charge is 2.29. The molecular formula is C39H51FN7O4PS2Si. The second-order valence-corrected chi connectivity index (χ2v) is 24.7. The molecule has 0 amide bonds. The Bertz CT molecular complexity index is 2280. The van der Waals surface area contributed by atoms with Gasteiger partial charge in [-0.1, -0.05) is 55.0 Å². The number of rotatable bonds is 17. The van der Waals surface area contributed by atoms with Gasteiger partial charge in [0.1, 0.15) is 12.2 Å². The molecular weight excluding hydrogens is 773 g/mol. The molecule has 0 saturated carbocycles. The third-order valence-electron chi connectivity index (χ3n) is 8.37. The van der Waals surface area contributed by atoms with E-state index in [1.807, 2.05) is 63.0 Å². The first-order valence-electron chi connectivity index (χ1n) is 18.2. The Labute approximate surface area is 332 Å². The van der Waals surface area contributed by atoms with E-state index in [0.717, 1.165) is 31.5 Å². The zero-order valence-corrected chi connectivity index (χ0v) is 36.7. The number of anilines is 2. The molecule has 2 aromatic carbocycles. The maximum atomic E-state index is 14.8. The molecule has 0 N–H and O–H groups in total. The maximum Gasteiger partial charge on any atom is 0.248 e. The van der Waals surface area contributed by atoms with E-state index in [2.05, 4.69) is 58.4 Å². The molecule has 11 nitrogen and oxygen atoms in total. The Hall–Kier alpha value is -3.74. The molecule has 5 rings (SSSR count). The van der Waals surface area contributed by atoms with Crippen molar-refractivity contribution in [1.82, 2.24) is 24.6 Å². The van der Waals surface area contributed by atoms with Crippen molar-refractivity contribution in [1.29, 1.82) is 0 Å². The molecule has 0 aliphatic carbocycles. The topological polar surface area (TPSA) is 107 Å². The second kappa shape index (κ2) is 18.9. The summed E-state index contributed by atoms with van der Waals surface area (Å²) in [5.74, 6) is 6.75. The first-order valence-corrected chi connectivity index (χ1v) is 25.6. The lowest BCUT2D eigenvalue weighted by Gasteiger charge is -2.16. The summed E-state index contributed by atoms with van der Waals surface area (Å²) >= 11 is 3.00. The van der Waals surface area contributed by atoms with Gasteiger partial charge in [-0.05, 0) is 88.8 Å². The van der Waals surface area contributed by atoms with Crippen LogP contribution < -0.4 is 19.9 Å². The first-order chi connectivity index (χ1) is 26.1. The Morgan fingerprint density at radius 2 is 1.84 bits per heavy atom. The summed E-state index contributed by atoms with van der Waals surface area (Å²) in [5, 5.41) is 9.66. The number of aryl methyl sites for hydroxylation is 2. The number of nitrogens with zero attached hydrogens (tertiary/aromatic N) is 7. The van der Waals surface area contributed by atoms with E-state index < -0.39 is 21.3 Å². The lowest BCUT2D eigenvalue weighted by Crippen LogP contribution is -2.23. The highest BCUT2D eigenvalue weighted by molar-refractivity contribution is 7.66. The SMILES string of the molecule is CCOP(C)(=O)c1nc(N(C)c2cc(C)c(N=c3sc4ccccc4n3COCC[Si](C)(C)C)nn2)sc1CCCOc1ccc(C#CCN(C)C)cc1F. The Balaban J connectivity index is 1.32. The van der Waals surface area contributed by atoms with Crippen molar-refractivity contribution in [3.63, 3.8) is 0 Å². The average molecular weight is 824 g/mol. The van der Waals surface area contributed by atoms with Gasteiger partial charge in [-0.25, -0.2) is 9.37 Å². The van der Waals surface area contributed by atoms with E-state index in [1.165, 1.54) is 17.4 Å². The molecule has 3 aromatic heterocycles. The quantitative estimate of drug-likeness (QED) is 0.0397. The van der Waals surface area contributed by atoms with Crippen LogP contribution in [0.4, 0.5) is 21.2 Å². The summed E-state index contributed by atoms with van der Waals surface area (Å²) in [6, 6.07) is 15.9. The van der Waals surface area contributed by atoms with Crippen LogP contribution in [0.25, 0.3) is 10.2 Å². The molecule has 1 atom stereocenters. The number of thiazole rings is 2. The van der Waals surface area contributed by atoms with Crippen molar-refractivity contribution in [3.05, 3.63) is 75.2 Å². The lowest BCUT2D eigenvalue weighted by molar-refractivity contribution is 0.0884. The second-order valence-electron chi connectivity index (χ2n) is 14.7. The van der Waals surface area contributed by atoms with Gasteiger partial charge in [-0.2, -0.15) is 4.99 Å². The lowest BCUT2D eigenvalue weighted by atomic mass is 10.2.